The van der Waals surface area contributed by atoms with Gasteiger partial charge in [-0.05, 0) is 42.5 Å². The number of halogens is 3. The van der Waals surface area contributed by atoms with Crippen LogP contribution in [-0.2, 0) is 6.18 Å². The second-order valence-corrected chi connectivity index (χ2v) is 6.25. The Kier molecular flexibility index (Phi) is 6.31. The van der Waals surface area contributed by atoms with Crippen LogP contribution in [0.4, 0.5) is 24.5 Å². The summed E-state index contributed by atoms with van der Waals surface area (Å²) in [5.41, 5.74) is 5.82. The third-order valence-corrected chi connectivity index (χ3v) is 3.86. The summed E-state index contributed by atoms with van der Waals surface area (Å²) in [4.78, 5) is 3.06. The molecule has 0 amide bonds. The minimum Gasteiger partial charge on any atom is -0.493 e. The maximum atomic E-state index is 12.7. The van der Waals surface area contributed by atoms with Gasteiger partial charge in [0.15, 0.2) is 5.69 Å². The Labute approximate surface area is 170 Å². The molecule has 0 saturated heterocycles. The van der Waals surface area contributed by atoms with Gasteiger partial charge in [0, 0.05) is 29.3 Å². The molecular formula is C21H19F3N4O2. The number of anilines is 2. The molecule has 0 aliphatic carbocycles. The number of aromatic nitrogens is 1. The van der Waals surface area contributed by atoms with Crippen LogP contribution in [0.3, 0.4) is 0 Å². The lowest BCUT2D eigenvalue weighted by atomic mass is 10.3. The summed E-state index contributed by atoms with van der Waals surface area (Å²) in [6, 6.07) is 18.4. The first kappa shape index (κ1) is 20.8. The SMILES string of the molecule is N/C(=C\Nc1ccc(Oc2ccccc2)cc1)CNc1cc(O)nc(C(F)(F)F)c1. The summed E-state index contributed by atoms with van der Waals surface area (Å²) >= 11 is 0. The Bertz CT molecular complexity index is 1010. The van der Waals surface area contributed by atoms with Crippen molar-refractivity contribution in [1.29, 1.82) is 0 Å². The van der Waals surface area contributed by atoms with Gasteiger partial charge in [-0.25, -0.2) is 4.98 Å². The van der Waals surface area contributed by atoms with Crippen LogP contribution in [0.5, 0.6) is 17.4 Å². The van der Waals surface area contributed by atoms with Crippen molar-refractivity contribution in [2.75, 3.05) is 17.2 Å². The molecular weight excluding hydrogens is 397 g/mol. The topological polar surface area (TPSA) is 92.4 Å². The van der Waals surface area contributed by atoms with Crippen molar-refractivity contribution in [3.05, 3.63) is 84.3 Å². The van der Waals surface area contributed by atoms with Crippen LogP contribution in [0.2, 0.25) is 0 Å². The molecule has 0 atom stereocenters. The predicted molar refractivity (Wildman–Crippen MR) is 108 cm³/mol. The first-order valence-corrected chi connectivity index (χ1v) is 8.86. The van der Waals surface area contributed by atoms with Crippen LogP contribution in [0.15, 0.2) is 78.6 Å². The third kappa shape index (κ3) is 6.06. The van der Waals surface area contributed by atoms with Gasteiger partial charge < -0.3 is 26.2 Å². The van der Waals surface area contributed by atoms with E-state index in [4.69, 9.17) is 10.5 Å². The first-order valence-electron chi connectivity index (χ1n) is 8.86. The van der Waals surface area contributed by atoms with Crippen LogP contribution >= 0.6 is 0 Å². The number of aromatic hydroxyl groups is 1. The molecule has 0 unspecified atom stereocenters. The fourth-order valence-electron chi connectivity index (χ4n) is 2.44. The predicted octanol–water partition coefficient (Wildman–Crippen LogP) is 4.92. The Hall–Kier alpha value is -3.88. The van der Waals surface area contributed by atoms with E-state index in [1.165, 1.54) is 6.20 Å². The van der Waals surface area contributed by atoms with E-state index in [1.807, 2.05) is 30.3 Å². The summed E-state index contributed by atoms with van der Waals surface area (Å²) in [5, 5.41) is 15.1. The van der Waals surface area contributed by atoms with Crippen molar-refractivity contribution in [2.24, 2.45) is 5.73 Å². The Balaban J connectivity index is 1.55. The normalized spacial score (nSPS) is 11.8. The van der Waals surface area contributed by atoms with Gasteiger partial charge in [0.2, 0.25) is 5.88 Å². The lowest BCUT2D eigenvalue weighted by molar-refractivity contribution is -0.141. The molecule has 2 aromatic carbocycles. The highest BCUT2D eigenvalue weighted by Gasteiger charge is 2.33. The fourth-order valence-corrected chi connectivity index (χ4v) is 2.44. The van der Waals surface area contributed by atoms with Crippen LogP contribution in [0.25, 0.3) is 0 Å². The number of nitrogens with one attached hydrogen (secondary N) is 2. The fraction of sp³-hybridized carbons (Fsp3) is 0.0952. The molecule has 0 aliphatic heterocycles. The van der Waals surface area contributed by atoms with Gasteiger partial charge in [0.25, 0.3) is 0 Å². The zero-order valence-electron chi connectivity index (χ0n) is 15.6. The molecule has 0 aliphatic rings. The second kappa shape index (κ2) is 9.08. The van der Waals surface area contributed by atoms with Crippen molar-refractivity contribution in [2.45, 2.75) is 6.18 Å². The number of nitrogens with zero attached hydrogens (tertiary/aromatic N) is 1. The molecule has 0 spiro atoms. The van der Waals surface area contributed by atoms with Gasteiger partial charge in [-0.15, -0.1) is 0 Å². The number of pyridine rings is 1. The van der Waals surface area contributed by atoms with Gasteiger partial charge in [-0.3, -0.25) is 0 Å². The maximum absolute atomic E-state index is 12.7. The van der Waals surface area contributed by atoms with E-state index in [0.29, 0.717) is 11.4 Å². The number of nitrogens with two attached hydrogens (primary N) is 1. The van der Waals surface area contributed by atoms with E-state index in [-0.39, 0.29) is 12.2 Å². The van der Waals surface area contributed by atoms with Gasteiger partial charge in [0.1, 0.15) is 11.5 Å². The van der Waals surface area contributed by atoms with E-state index >= 15 is 0 Å². The van der Waals surface area contributed by atoms with E-state index in [9.17, 15) is 18.3 Å². The average Bonchev–Trinajstić information content (AvgIpc) is 2.71. The summed E-state index contributed by atoms with van der Waals surface area (Å²) in [7, 11) is 0. The molecule has 0 fully saturated rings. The lowest BCUT2D eigenvalue weighted by Gasteiger charge is -2.11. The van der Waals surface area contributed by atoms with Crippen molar-refractivity contribution in [3.63, 3.8) is 0 Å². The van der Waals surface area contributed by atoms with Crippen molar-refractivity contribution < 1.29 is 23.0 Å². The summed E-state index contributed by atoms with van der Waals surface area (Å²) < 4.78 is 44.0. The molecule has 0 bridgehead atoms. The number of alkyl halides is 3. The van der Waals surface area contributed by atoms with Crippen molar-refractivity contribution in [3.8, 4) is 17.4 Å². The quantitative estimate of drug-likeness (QED) is 0.437. The highest BCUT2D eigenvalue weighted by atomic mass is 19.4. The van der Waals surface area contributed by atoms with Gasteiger partial charge >= 0.3 is 6.18 Å². The third-order valence-electron chi connectivity index (χ3n) is 3.86. The number of hydrogen-bond donors (Lipinski definition) is 4. The number of para-hydroxylation sites is 1. The number of benzene rings is 2. The number of ether oxygens (including phenoxy) is 1. The highest BCUT2D eigenvalue weighted by Crippen LogP contribution is 2.31. The Morgan fingerprint density at radius 2 is 1.67 bits per heavy atom. The number of hydrogen-bond acceptors (Lipinski definition) is 6. The van der Waals surface area contributed by atoms with Crippen molar-refractivity contribution in [1.82, 2.24) is 4.98 Å². The van der Waals surface area contributed by atoms with E-state index < -0.39 is 17.8 Å². The van der Waals surface area contributed by atoms with Crippen LogP contribution in [0.1, 0.15) is 5.69 Å². The van der Waals surface area contributed by atoms with Gasteiger partial charge in [-0.1, -0.05) is 18.2 Å². The van der Waals surface area contributed by atoms with Gasteiger partial charge in [-0.2, -0.15) is 13.2 Å². The Morgan fingerprint density at radius 3 is 2.33 bits per heavy atom. The minimum atomic E-state index is -4.66. The second-order valence-electron chi connectivity index (χ2n) is 6.25. The molecule has 30 heavy (non-hydrogen) atoms. The molecule has 6 nitrogen and oxygen atoms in total. The van der Waals surface area contributed by atoms with Crippen molar-refractivity contribution >= 4 is 11.4 Å². The minimum absolute atomic E-state index is 0.0496. The molecule has 1 heterocycles. The van der Waals surface area contributed by atoms with E-state index in [2.05, 4.69) is 15.6 Å². The van der Waals surface area contributed by atoms with Crippen LogP contribution in [0, 0.1) is 0 Å². The van der Waals surface area contributed by atoms with Crippen LogP contribution < -0.4 is 21.1 Å². The summed E-state index contributed by atoms with van der Waals surface area (Å²) in [5.74, 6) is 0.665. The molecule has 9 heteroatoms. The zero-order valence-corrected chi connectivity index (χ0v) is 15.6. The molecule has 5 N–H and O–H groups in total. The summed E-state index contributed by atoms with van der Waals surface area (Å²) in [6.45, 7) is 0.0585. The molecule has 3 rings (SSSR count). The zero-order chi connectivity index (χ0) is 21.6. The van der Waals surface area contributed by atoms with E-state index in [1.54, 1.807) is 24.3 Å². The molecule has 0 radical (unpaired) electrons. The lowest BCUT2D eigenvalue weighted by Crippen LogP contribution is -2.14. The molecule has 0 saturated carbocycles. The molecule has 1 aromatic heterocycles. The maximum Gasteiger partial charge on any atom is 0.433 e. The molecule has 3 aromatic rings. The Morgan fingerprint density at radius 1 is 1.00 bits per heavy atom. The summed E-state index contributed by atoms with van der Waals surface area (Å²) in [6.07, 6.45) is -3.14. The number of rotatable bonds is 7. The van der Waals surface area contributed by atoms with E-state index in [0.717, 1.165) is 23.6 Å². The monoisotopic (exact) mass is 416 g/mol. The average molecular weight is 416 g/mol. The first-order chi connectivity index (χ1) is 14.3. The van der Waals surface area contributed by atoms with Gasteiger partial charge in [0.05, 0.1) is 6.54 Å². The molecule has 156 valence electrons. The largest absolute Gasteiger partial charge is 0.493 e. The van der Waals surface area contributed by atoms with Crippen LogP contribution in [-0.4, -0.2) is 16.6 Å². The standard InChI is InChI=1S/C21H19F3N4O2/c22-21(23,24)19-10-16(11-20(29)28-19)27-13-14(25)12-26-15-6-8-18(9-7-15)30-17-4-2-1-3-5-17/h1-12,26H,13,25H2,(H2,27,28,29)/b14-12-. The smallest absolute Gasteiger partial charge is 0.433 e. The highest BCUT2D eigenvalue weighted by molar-refractivity contribution is 5.51.